The van der Waals surface area contributed by atoms with Crippen LogP contribution in [0.4, 0.5) is 5.69 Å². The Labute approximate surface area is 114 Å². The summed E-state index contributed by atoms with van der Waals surface area (Å²) in [5, 5.41) is 0. The molecule has 0 bridgehead atoms. The second kappa shape index (κ2) is 5.38. The van der Waals surface area contributed by atoms with Crippen molar-refractivity contribution in [2.24, 2.45) is 5.92 Å². The van der Waals surface area contributed by atoms with E-state index >= 15 is 0 Å². The van der Waals surface area contributed by atoms with Gasteiger partial charge in [-0.3, -0.25) is 0 Å². The summed E-state index contributed by atoms with van der Waals surface area (Å²) in [6.45, 7) is 4.33. The van der Waals surface area contributed by atoms with E-state index in [0.717, 1.165) is 12.8 Å². The molecule has 106 valence electrons. The molecule has 0 spiro atoms. The Kier molecular flexibility index (Phi) is 4.01. The summed E-state index contributed by atoms with van der Waals surface area (Å²) in [6, 6.07) is 4.69. The third kappa shape index (κ3) is 3.19. The Hall–Kier alpha value is -1.27. The summed E-state index contributed by atoms with van der Waals surface area (Å²) in [6.07, 6.45) is 1.76. The fourth-order valence-electron chi connectivity index (χ4n) is 2.29. The van der Waals surface area contributed by atoms with Crippen LogP contribution in [0.5, 0.6) is 5.75 Å². The number of anilines is 1. The van der Waals surface area contributed by atoms with Crippen LogP contribution in [0.2, 0.25) is 0 Å². The van der Waals surface area contributed by atoms with E-state index in [1.54, 1.807) is 12.1 Å². The molecule has 1 aromatic rings. The number of sulfonamides is 1. The van der Waals surface area contributed by atoms with Crippen LogP contribution in [0.25, 0.3) is 0 Å². The average Bonchev–Trinajstić information content (AvgIpc) is 2.29. The lowest BCUT2D eigenvalue weighted by Gasteiger charge is -2.33. The van der Waals surface area contributed by atoms with E-state index in [4.69, 9.17) is 10.5 Å². The lowest BCUT2D eigenvalue weighted by Crippen LogP contribution is -2.43. The summed E-state index contributed by atoms with van der Waals surface area (Å²) in [4.78, 5) is 0.119. The number of hydrogen-bond donors (Lipinski definition) is 2. The first-order valence-electron chi connectivity index (χ1n) is 6.47. The molecule has 1 aromatic carbocycles. The van der Waals surface area contributed by atoms with E-state index in [-0.39, 0.29) is 10.9 Å². The third-order valence-corrected chi connectivity index (χ3v) is 4.79. The van der Waals surface area contributed by atoms with E-state index in [1.165, 1.54) is 6.07 Å². The van der Waals surface area contributed by atoms with Gasteiger partial charge in [0.1, 0.15) is 10.6 Å². The first-order valence-corrected chi connectivity index (χ1v) is 7.95. The van der Waals surface area contributed by atoms with Crippen molar-refractivity contribution in [3.05, 3.63) is 18.2 Å². The molecule has 6 heteroatoms. The number of nitrogen functional groups attached to an aromatic ring is 1. The quantitative estimate of drug-likeness (QED) is 0.807. The van der Waals surface area contributed by atoms with Gasteiger partial charge in [-0.25, -0.2) is 13.1 Å². The maximum Gasteiger partial charge on any atom is 0.244 e. The van der Waals surface area contributed by atoms with Gasteiger partial charge in [0.05, 0.1) is 6.61 Å². The molecule has 1 saturated carbocycles. The maximum absolute atomic E-state index is 12.3. The largest absolute Gasteiger partial charge is 0.492 e. The van der Waals surface area contributed by atoms with Gasteiger partial charge in [0.15, 0.2) is 0 Å². The van der Waals surface area contributed by atoms with E-state index in [9.17, 15) is 8.42 Å². The number of benzene rings is 1. The highest BCUT2D eigenvalue weighted by Crippen LogP contribution is 2.31. The highest BCUT2D eigenvalue weighted by molar-refractivity contribution is 7.89. The standard InChI is InChI=1S/C13H20N2O3S/c1-3-18-12-5-4-10(14)8-13(12)19(16,17)15-11-6-9(2)7-11/h4-5,8-9,11,15H,3,6-7,14H2,1-2H3. The van der Waals surface area contributed by atoms with Crippen molar-refractivity contribution < 1.29 is 13.2 Å². The monoisotopic (exact) mass is 284 g/mol. The molecule has 0 aliphatic heterocycles. The Morgan fingerprint density at radius 2 is 2.11 bits per heavy atom. The molecule has 0 heterocycles. The number of rotatable bonds is 5. The molecule has 0 radical (unpaired) electrons. The summed E-state index contributed by atoms with van der Waals surface area (Å²) in [7, 11) is -3.57. The topological polar surface area (TPSA) is 81.4 Å². The molecule has 1 aliphatic rings. The Morgan fingerprint density at radius 3 is 2.68 bits per heavy atom. The second-order valence-electron chi connectivity index (χ2n) is 5.03. The zero-order valence-electron chi connectivity index (χ0n) is 11.2. The van der Waals surface area contributed by atoms with Gasteiger partial charge in [-0.1, -0.05) is 6.92 Å². The predicted molar refractivity (Wildman–Crippen MR) is 74.5 cm³/mol. The average molecular weight is 284 g/mol. The molecule has 19 heavy (non-hydrogen) atoms. The van der Waals surface area contributed by atoms with Crippen molar-refractivity contribution in [2.75, 3.05) is 12.3 Å². The van der Waals surface area contributed by atoms with Crippen LogP contribution in [0.15, 0.2) is 23.1 Å². The van der Waals surface area contributed by atoms with Gasteiger partial charge in [0.2, 0.25) is 10.0 Å². The molecule has 0 amide bonds. The van der Waals surface area contributed by atoms with Crippen LogP contribution in [0.3, 0.4) is 0 Å². The summed E-state index contributed by atoms with van der Waals surface area (Å²) < 4.78 is 32.7. The molecule has 0 atom stereocenters. The molecule has 0 unspecified atom stereocenters. The normalized spacial score (nSPS) is 22.8. The number of nitrogens with two attached hydrogens (primary N) is 1. The third-order valence-electron chi connectivity index (χ3n) is 3.25. The summed E-state index contributed by atoms with van der Waals surface area (Å²) in [5.74, 6) is 0.927. The number of nitrogens with one attached hydrogen (secondary N) is 1. The zero-order chi connectivity index (χ0) is 14.0. The molecule has 1 aliphatic carbocycles. The van der Waals surface area contributed by atoms with E-state index in [2.05, 4.69) is 11.6 Å². The van der Waals surface area contributed by atoms with Gasteiger partial charge in [-0.2, -0.15) is 0 Å². The van der Waals surface area contributed by atoms with Crippen molar-refractivity contribution in [3.63, 3.8) is 0 Å². The summed E-state index contributed by atoms with van der Waals surface area (Å²) in [5.41, 5.74) is 6.08. The van der Waals surface area contributed by atoms with Gasteiger partial charge >= 0.3 is 0 Å². The molecular weight excluding hydrogens is 264 g/mol. The molecular formula is C13H20N2O3S. The highest BCUT2D eigenvalue weighted by Gasteiger charge is 2.31. The molecule has 5 nitrogen and oxygen atoms in total. The lowest BCUT2D eigenvalue weighted by molar-refractivity contribution is 0.270. The van der Waals surface area contributed by atoms with E-state index < -0.39 is 10.0 Å². The van der Waals surface area contributed by atoms with E-state index in [1.807, 2.05) is 6.92 Å². The van der Waals surface area contributed by atoms with Crippen molar-refractivity contribution >= 4 is 15.7 Å². The molecule has 2 rings (SSSR count). The van der Waals surface area contributed by atoms with Gasteiger partial charge in [0, 0.05) is 11.7 Å². The molecule has 1 fully saturated rings. The highest BCUT2D eigenvalue weighted by atomic mass is 32.2. The van der Waals surface area contributed by atoms with Gasteiger partial charge in [-0.05, 0) is 43.9 Å². The van der Waals surface area contributed by atoms with Gasteiger partial charge < -0.3 is 10.5 Å². The second-order valence-corrected chi connectivity index (χ2v) is 6.72. The zero-order valence-corrected chi connectivity index (χ0v) is 12.0. The number of ether oxygens (including phenoxy) is 1. The van der Waals surface area contributed by atoms with Crippen LogP contribution in [0.1, 0.15) is 26.7 Å². The lowest BCUT2D eigenvalue weighted by atomic mass is 9.83. The first-order chi connectivity index (χ1) is 8.92. The Bertz CT molecular complexity index is 551. The molecule has 3 N–H and O–H groups in total. The van der Waals surface area contributed by atoms with Crippen LogP contribution in [0, 0.1) is 5.92 Å². The SMILES string of the molecule is CCOc1ccc(N)cc1S(=O)(=O)NC1CC(C)C1. The van der Waals surface area contributed by atoms with Crippen LogP contribution in [-0.2, 0) is 10.0 Å². The van der Waals surface area contributed by atoms with Crippen LogP contribution in [-0.4, -0.2) is 21.1 Å². The smallest absolute Gasteiger partial charge is 0.244 e. The predicted octanol–water partition coefficient (Wildman–Crippen LogP) is 1.74. The van der Waals surface area contributed by atoms with Gasteiger partial charge in [0.25, 0.3) is 0 Å². The number of hydrogen-bond acceptors (Lipinski definition) is 4. The Balaban J connectivity index is 2.25. The van der Waals surface area contributed by atoms with E-state index in [0.29, 0.717) is 24.0 Å². The van der Waals surface area contributed by atoms with Crippen molar-refractivity contribution in [1.29, 1.82) is 0 Å². The minimum atomic E-state index is -3.57. The maximum atomic E-state index is 12.3. The van der Waals surface area contributed by atoms with Crippen molar-refractivity contribution in [2.45, 2.75) is 37.6 Å². The van der Waals surface area contributed by atoms with Crippen molar-refractivity contribution in [1.82, 2.24) is 4.72 Å². The van der Waals surface area contributed by atoms with Crippen LogP contribution < -0.4 is 15.2 Å². The van der Waals surface area contributed by atoms with Gasteiger partial charge in [-0.15, -0.1) is 0 Å². The summed E-state index contributed by atoms with van der Waals surface area (Å²) >= 11 is 0. The minimum Gasteiger partial charge on any atom is -0.492 e. The molecule has 0 aromatic heterocycles. The van der Waals surface area contributed by atoms with Crippen molar-refractivity contribution in [3.8, 4) is 5.75 Å². The minimum absolute atomic E-state index is 0.0240. The fraction of sp³-hybridized carbons (Fsp3) is 0.538. The van der Waals surface area contributed by atoms with Crippen LogP contribution >= 0.6 is 0 Å². The molecule has 0 saturated heterocycles. The first kappa shape index (κ1) is 14.1. The fourth-order valence-corrected chi connectivity index (χ4v) is 3.73. The Morgan fingerprint density at radius 1 is 1.42 bits per heavy atom.